The molecule has 0 bridgehead atoms. The summed E-state index contributed by atoms with van der Waals surface area (Å²) in [5.41, 5.74) is 6.70. The van der Waals surface area contributed by atoms with Crippen molar-refractivity contribution in [2.75, 3.05) is 0 Å². The number of nitrogens with one attached hydrogen (secondary N) is 5. The van der Waals surface area contributed by atoms with Gasteiger partial charge in [-0.05, 0) is 13.8 Å². The molecular formula is C19H28N8O6. The van der Waals surface area contributed by atoms with Crippen molar-refractivity contribution in [3.8, 4) is 0 Å². The summed E-state index contributed by atoms with van der Waals surface area (Å²) < 4.78 is 0. The molecule has 2 aromatic heterocycles. The summed E-state index contributed by atoms with van der Waals surface area (Å²) in [6, 6.07) is -4.81. The second-order valence-corrected chi connectivity index (χ2v) is 7.52. The molecule has 14 nitrogen and oxygen atoms in total. The van der Waals surface area contributed by atoms with Crippen molar-refractivity contribution in [2.45, 2.75) is 57.0 Å². The van der Waals surface area contributed by atoms with E-state index in [1.165, 1.54) is 38.9 Å². The van der Waals surface area contributed by atoms with Gasteiger partial charge in [0.2, 0.25) is 17.7 Å². The highest BCUT2D eigenvalue weighted by Gasteiger charge is 2.31. The van der Waals surface area contributed by atoms with Gasteiger partial charge in [-0.3, -0.25) is 19.2 Å². The zero-order valence-corrected chi connectivity index (χ0v) is 18.1. The number of aliphatic hydroxyl groups excluding tert-OH is 1. The molecular weight excluding hydrogens is 436 g/mol. The maximum atomic E-state index is 13.1. The van der Waals surface area contributed by atoms with E-state index >= 15 is 0 Å². The van der Waals surface area contributed by atoms with Crippen molar-refractivity contribution in [2.24, 2.45) is 5.73 Å². The van der Waals surface area contributed by atoms with Crippen LogP contribution >= 0.6 is 0 Å². The van der Waals surface area contributed by atoms with Crippen molar-refractivity contribution >= 4 is 23.7 Å². The Morgan fingerprint density at radius 1 is 0.909 bits per heavy atom. The van der Waals surface area contributed by atoms with E-state index in [1.807, 2.05) is 0 Å². The number of aliphatic hydroxyl groups is 1. The van der Waals surface area contributed by atoms with Crippen LogP contribution in [0.25, 0.3) is 0 Å². The molecule has 0 aliphatic rings. The van der Waals surface area contributed by atoms with Crippen molar-refractivity contribution in [3.63, 3.8) is 0 Å². The van der Waals surface area contributed by atoms with Gasteiger partial charge in [-0.2, -0.15) is 0 Å². The number of hydrogen-bond donors (Lipinski definition) is 8. The van der Waals surface area contributed by atoms with E-state index in [2.05, 4.69) is 35.9 Å². The predicted octanol–water partition coefficient (Wildman–Crippen LogP) is -2.81. The number of imidazole rings is 2. The Morgan fingerprint density at radius 3 is 1.76 bits per heavy atom. The summed E-state index contributed by atoms with van der Waals surface area (Å²) in [6.45, 7) is 2.62. The van der Waals surface area contributed by atoms with E-state index in [9.17, 15) is 24.3 Å². The Bertz CT molecular complexity index is 930. The Kier molecular flexibility index (Phi) is 9.06. The number of carboxylic acids is 1. The number of aliphatic carboxylic acids is 1. The number of amides is 3. The Hall–Kier alpha value is -3.78. The maximum absolute atomic E-state index is 13.1. The molecule has 5 unspecified atom stereocenters. The quantitative estimate of drug-likeness (QED) is 0.162. The average Bonchev–Trinajstić information content (AvgIpc) is 3.46. The highest BCUT2D eigenvalue weighted by molar-refractivity contribution is 5.94. The fourth-order valence-corrected chi connectivity index (χ4v) is 2.79. The van der Waals surface area contributed by atoms with Gasteiger partial charge in [-0.1, -0.05) is 0 Å². The molecule has 9 N–H and O–H groups in total. The topological polar surface area (TPSA) is 228 Å². The van der Waals surface area contributed by atoms with Gasteiger partial charge >= 0.3 is 5.97 Å². The number of nitrogens with two attached hydrogens (primary N) is 1. The lowest BCUT2D eigenvalue weighted by molar-refractivity contribution is -0.141. The van der Waals surface area contributed by atoms with Crippen molar-refractivity contribution < 1.29 is 29.4 Å². The number of aromatic amines is 2. The molecule has 33 heavy (non-hydrogen) atoms. The SMILES string of the molecule is CC(NC(=O)C(Cc1cnc[nH]1)NC(=O)C(Cc1cnc[nH]1)NC(=O)C(N)C(C)O)C(=O)O. The normalized spacial score (nSPS) is 15.5. The van der Waals surface area contributed by atoms with Gasteiger partial charge in [0, 0.05) is 36.6 Å². The monoisotopic (exact) mass is 464 g/mol. The third kappa shape index (κ3) is 7.69. The van der Waals surface area contributed by atoms with Gasteiger partial charge in [0.15, 0.2) is 0 Å². The third-order valence-corrected chi connectivity index (χ3v) is 4.78. The van der Waals surface area contributed by atoms with E-state index in [-0.39, 0.29) is 12.8 Å². The summed E-state index contributed by atoms with van der Waals surface area (Å²) in [7, 11) is 0. The number of aromatic nitrogens is 4. The van der Waals surface area contributed by atoms with Gasteiger partial charge in [0.1, 0.15) is 24.2 Å². The minimum atomic E-state index is -1.28. The van der Waals surface area contributed by atoms with Crippen molar-refractivity contribution in [1.82, 2.24) is 35.9 Å². The lowest BCUT2D eigenvalue weighted by atomic mass is 10.1. The molecule has 180 valence electrons. The van der Waals surface area contributed by atoms with Crippen LogP contribution in [0.1, 0.15) is 25.2 Å². The number of nitrogens with zero attached hydrogens (tertiary/aromatic N) is 2. The lowest BCUT2D eigenvalue weighted by Gasteiger charge is -2.25. The van der Waals surface area contributed by atoms with Gasteiger partial charge in [0.25, 0.3) is 0 Å². The predicted molar refractivity (Wildman–Crippen MR) is 113 cm³/mol. The maximum Gasteiger partial charge on any atom is 0.325 e. The van der Waals surface area contributed by atoms with Crippen molar-refractivity contribution in [1.29, 1.82) is 0 Å². The molecule has 0 fully saturated rings. The van der Waals surface area contributed by atoms with E-state index in [0.717, 1.165) is 0 Å². The highest BCUT2D eigenvalue weighted by Crippen LogP contribution is 2.04. The first-order valence-electron chi connectivity index (χ1n) is 10.1. The molecule has 2 aromatic rings. The molecule has 3 amide bonds. The molecule has 5 atom stereocenters. The first-order chi connectivity index (χ1) is 15.6. The summed E-state index contributed by atoms with van der Waals surface area (Å²) in [5, 5.41) is 26.0. The van der Waals surface area contributed by atoms with Gasteiger partial charge < -0.3 is 41.9 Å². The highest BCUT2D eigenvalue weighted by atomic mass is 16.4. The number of carbonyl (C=O) groups excluding carboxylic acids is 3. The summed E-state index contributed by atoms with van der Waals surface area (Å²) in [4.78, 5) is 62.6. The number of carbonyl (C=O) groups is 4. The number of H-pyrrole nitrogens is 2. The minimum Gasteiger partial charge on any atom is -0.480 e. The van der Waals surface area contributed by atoms with Gasteiger partial charge in [-0.25, -0.2) is 9.97 Å². The second kappa shape index (κ2) is 11.7. The fraction of sp³-hybridized carbons (Fsp3) is 0.474. The average molecular weight is 464 g/mol. The Labute approximate surface area is 188 Å². The molecule has 2 rings (SSSR count). The number of hydrogen-bond acceptors (Lipinski definition) is 8. The van der Waals surface area contributed by atoms with Gasteiger partial charge in [0.05, 0.1) is 18.8 Å². The first-order valence-corrected chi connectivity index (χ1v) is 10.1. The Morgan fingerprint density at radius 2 is 1.36 bits per heavy atom. The molecule has 0 saturated heterocycles. The zero-order chi connectivity index (χ0) is 24.5. The molecule has 0 aliphatic heterocycles. The van der Waals surface area contributed by atoms with Crippen molar-refractivity contribution in [3.05, 3.63) is 36.4 Å². The van der Waals surface area contributed by atoms with Crippen LogP contribution in [-0.4, -0.2) is 84.1 Å². The number of carboxylic acid groups (broad SMARTS) is 1. The molecule has 0 aliphatic carbocycles. The third-order valence-electron chi connectivity index (χ3n) is 4.78. The Balaban J connectivity index is 2.21. The summed E-state index contributed by atoms with van der Waals surface area (Å²) in [5.74, 6) is -3.47. The lowest BCUT2D eigenvalue weighted by Crippen LogP contribution is -2.58. The van der Waals surface area contributed by atoms with E-state index in [4.69, 9.17) is 10.8 Å². The van der Waals surface area contributed by atoms with Crippen LogP contribution in [0.2, 0.25) is 0 Å². The van der Waals surface area contributed by atoms with Crippen LogP contribution in [-0.2, 0) is 32.0 Å². The molecule has 2 heterocycles. The first kappa shape index (κ1) is 25.5. The van der Waals surface area contributed by atoms with Crippen LogP contribution in [0.4, 0.5) is 0 Å². The standard InChI is InChI=1S/C19H28N8O6/c1-9(19(32)33)25-16(29)13(3-11-5-21-7-23-11)26-17(30)14(4-12-6-22-8-24-12)27-18(31)15(20)10(2)28/h5-10,13-15,28H,3-4,20H2,1-2H3,(H,21,23)(H,22,24)(H,25,29)(H,26,30)(H,27,31)(H,32,33). The molecule has 14 heteroatoms. The van der Waals surface area contributed by atoms with Crippen LogP contribution in [0.5, 0.6) is 0 Å². The fourth-order valence-electron chi connectivity index (χ4n) is 2.79. The van der Waals surface area contributed by atoms with Crippen LogP contribution < -0.4 is 21.7 Å². The minimum absolute atomic E-state index is 0.00592. The van der Waals surface area contributed by atoms with Crippen LogP contribution in [0, 0.1) is 0 Å². The number of rotatable bonds is 12. The molecule has 0 radical (unpaired) electrons. The summed E-state index contributed by atoms with van der Waals surface area (Å²) in [6.07, 6.45) is 4.54. The zero-order valence-electron chi connectivity index (χ0n) is 18.1. The van der Waals surface area contributed by atoms with E-state index < -0.39 is 54.0 Å². The summed E-state index contributed by atoms with van der Waals surface area (Å²) >= 11 is 0. The molecule has 0 saturated carbocycles. The molecule has 0 spiro atoms. The largest absolute Gasteiger partial charge is 0.480 e. The van der Waals surface area contributed by atoms with Gasteiger partial charge in [-0.15, -0.1) is 0 Å². The van der Waals surface area contributed by atoms with E-state index in [0.29, 0.717) is 11.4 Å². The van der Waals surface area contributed by atoms with E-state index in [1.54, 1.807) is 0 Å². The molecule has 0 aromatic carbocycles. The van der Waals surface area contributed by atoms with Crippen LogP contribution in [0.15, 0.2) is 25.0 Å². The van der Waals surface area contributed by atoms with Crippen LogP contribution in [0.3, 0.4) is 0 Å². The smallest absolute Gasteiger partial charge is 0.325 e. The second-order valence-electron chi connectivity index (χ2n) is 7.52.